The van der Waals surface area contributed by atoms with Crippen LogP contribution in [-0.2, 0) is 0 Å². The summed E-state index contributed by atoms with van der Waals surface area (Å²) in [5.41, 5.74) is 6.92. The van der Waals surface area contributed by atoms with E-state index in [1.165, 1.54) is 27.6 Å². The highest BCUT2D eigenvalue weighted by molar-refractivity contribution is 6.04. The van der Waals surface area contributed by atoms with Gasteiger partial charge in [0.2, 0.25) is 0 Å². The predicted molar refractivity (Wildman–Crippen MR) is 121 cm³/mol. The Bertz CT molecular complexity index is 1250. The van der Waals surface area contributed by atoms with Crippen LogP contribution in [0.4, 0.5) is 0 Å². The molecule has 0 aromatic heterocycles. The smallest absolute Gasteiger partial charge is 0.162 e. The van der Waals surface area contributed by atoms with Crippen LogP contribution in [0.15, 0.2) is 91.0 Å². The van der Waals surface area contributed by atoms with E-state index in [1.54, 1.807) is 0 Å². The van der Waals surface area contributed by atoms with Gasteiger partial charge in [0.1, 0.15) is 0 Å². The lowest BCUT2D eigenvalue weighted by Crippen LogP contribution is -2.09. The number of fused-ring (bicyclic) bond motifs is 2. The van der Waals surface area contributed by atoms with Crippen molar-refractivity contribution in [2.75, 3.05) is 0 Å². The summed E-state index contributed by atoms with van der Waals surface area (Å²) in [5, 5.41) is 2.29. The molecular weight excluding hydrogens is 352 g/mol. The van der Waals surface area contributed by atoms with Crippen molar-refractivity contribution in [1.29, 1.82) is 0 Å². The van der Waals surface area contributed by atoms with Gasteiger partial charge in [0.25, 0.3) is 0 Å². The summed E-state index contributed by atoms with van der Waals surface area (Å²) < 4.78 is 0. The minimum atomic E-state index is 0.0590. The van der Waals surface area contributed by atoms with Crippen molar-refractivity contribution >= 4 is 28.2 Å². The van der Waals surface area contributed by atoms with Gasteiger partial charge in [0.15, 0.2) is 5.78 Å². The number of benzene rings is 4. The van der Waals surface area contributed by atoms with Crippen molar-refractivity contribution in [2.45, 2.75) is 19.3 Å². The second-order valence-corrected chi connectivity index (χ2v) is 7.59. The fourth-order valence-electron chi connectivity index (χ4n) is 4.47. The number of ketones is 1. The Hall–Kier alpha value is -3.45. The Balaban J connectivity index is 1.79. The molecule has 0 aliphatic heterocycles. The molecule has 1 aliphatic carbocycles. The first kappa shape index (κ1) is 17.6. The number of carbonyl (C=O) groups excluding carboxylic acids is 1. The topological polar surface area (TPSA) is 17.1 Å². The van der Waals surface area contributed by atoms with E-state index in [9.17, 15) is 4.79 Å². The lowest BCUT2D eigenvalue weighted by molar-refractivity contribution is 0.0987. The fourth-order valence-corrected chi connectivity index (χ4v) is 4.47. The molecule has 29 heavy (non-hydrogen) atoms. The van der Waals surface area contributed by atoms with Crippen molar-refractivity contribution in [3.8, 4) is 0 Å². The molecule has 0 fully saturated rings. The number of Topliss-reactive ketones (excluding diaryl/α,β-unsaturated/α-hetero) is 1. The van der Waals surface area contributed by atoms with Gasteiger partial charge in [-0.15, -0.1) is 0 Å². The largest absolute Gasteiger partial charge is 0.294 e. The maximum absolute atomic E-state index is 13.0. The zero-order valence-electron chi connectivity index (χ0n) is 16.4. The predicted octanol–water partition coefficient (Wildman–Crippen LogP) is 7.12. The van der Waals surface area contributed by atoms with Crippen molar-refractivity contribution < 1.29 is 4.79 Å². The van der Waals surface area contributed by atoms with Crippen LogP contribution in [0.1, 0.15) is 51.9 Å². The monoisotopic (exact) mass is 374 g/mol. The van der Waals surface area contributed by atoms with Gasteiger partial charge in [0, 0.05) is 17.9 Å². The molecule has 5 rings (SSSR count). The van der Waals surface area contributed by atoms with Gasteiger partial charge in [-0.1, -0.05) is 85.8 Å². The minimum Gasteiger partial charge on any atom is -0.294 e. The number of rotatable bonds is 4. The molecule has 4 aromatic carbocycles. The maximum atomic E-state index is 13.0. The van der Waals surface area contributed by atoms with E-state index in [2.05, 4.69) is 84.9 Å². The Morgan fingerprint density at radius 1 is 0.759 bits per heavy atom. The molecule has 0 heterocycles. The molecule has 1 aliphatic rings. The summed E-state index contributed by atoms with van der Waals surface area (Å²) in [4.78, 5) is 13.0. The molecule has 0 saturated carbocycles. The van der Waals surface area contributed by atoms with Gasteiger partial charge in [0.05, 0.1) is 0 Å². The molecule has 4 aromatic rings. The third-order valence-corrected chi connectivity index (χ3v) is 5.89. The second-order valence-electron chi connectivity index (χ2n) is 7.59. The van der Waals surface area contributed by atoms with Gasteiger partial charge < -0.3 is 0 Å². The van der Waals surface area contributed by atoms with E-state index in [0.717, 1.165) is 16.5 Å². The van der Waals surface area contributed by atoms with E-state index in [1.807, 2.05) is 19.1 Å². The summed E-state index contributed by atoms with van der Waals surface area (Å²) in [6.07, 6.45) is 2.79. The quantitative estimate of drug-likeness (QED) is 0.348. The second kappa shape index (κ2) is 7.18. The summed E-state index contributed by atoms with van der Waals surface area (Å²) in [7, 11) is 0. The summed E-state index contributed by atoms with van der Waals surface area (Å²) in [6.45, 7) is 1.94. The molecule has 0 radical (unpaired) electrons. The molecule has 0 N–H and O–H groups in total. The van der Waals surface area contributed by atoms with Crippen molar-refractivity contribution in [3.63, 3.8) is 0 Å². The van der Waals surface area contributed by atoms with E-state index in [4.69, 9.17) is 0 Å². The third-order valence-electron chi connectivity index (χ3n) is 5.89. The standard InChI is InChI=1S/C28H22O/c1-2-27(29)25-16-20-12-6-7-13-21(20)17-26(25)28-23-15-9-8-14-22(23)18-24(28)19-10-4-3-5-11-19/h3-18,28H,2H2,1H3. The van der Waals surface area contributed by atoms with Crippen LogP contribution in [0.5, 0.6) is 0 Å². The Kier molecular flexibility index (Phi) is 4.37. The zero-order chi connectivity index (χ0) is 19.8. The van der Waals surface area contributed by atoms with Crippen LogP contribution in [0.25, 0.3) is 22.4 Å². The lowest BCUT2D eigenvalue weighted by Gasteiger charge is -2.22. The highest BCUT2D eigenvalue weighted by atomic mass is 16.1. The SMILES string of the molecule is CCC(=O)c1cc2ccccc2cc1C1C(c2ccccc2)=Cc2ccccc21. The van der Waals surface area contributed by atoms with Gasteiger partial charge in [-0.05, 0) is 56.8 Å². The van der Waals surface area contributed by atoms with Crippen LogP contribution in [-0.4, -0.2) is 5.78 Å². The zero-order valence-corrected chi connectivity index (χ0v) is 16.4. The Labute approximate surface area is 171 Å². The van der Waals surface area contributed by atoms with Crippen molar-refractivity contribution in [1.82, 2.24) is 0 Å². The molecule has 1 heteroatoms. The van der Waals surface area contributed by atoms with Gasteiger partial charge >= 0.3 is 0 Å². The molecule has 0 amide bonds. The first-order chi connectivity index (χ1) is 14.3. The molecule has 1 nitrogen and oxygen atoms in total. The maximum Gasteiger partial charge on any atom is 0.162 e. The van der Waals surface area contributed by atoms with Gasteiger partial charge in [-0.2, -0.15) is 0 Å². The molecule has 1 atom stereocenters. The van der Waals surface area contributed by atoms with E-state index in [0.29, 0.717) is 6.42 Å². The fraction of sp³-hybridized carbons (Fsp3) is 0.107. The average molecular weight is 374 g/mol. The molecule has 0 saturated heterocycles. The van der Waals surface area contributed by atoms with Crippen LogP contribution in [0.3, 0.4) is 0 Å². The van der Waals surface area contributed by atoms with Gasteiger partial charge in [-0.25, -0.2) is 0 Å². The number of hydrogen-bond donors (Lipinski definition) is 0. The first-order valence-electron chi connectivity index (χ1n) is 10.2. The first-order valence-corrected chi connectivity index (χ1v) is 10.2. The normalized spacial score (nSPS) is 15.2. The molecule has 1 unspecified atom stereocenters. The van der Waals surface area contributed by atoms with Crippen molar-refractivity contribution in [3.05, 3.63) is 119 Å². The molecule has 0 bridgehead atoms. The minimum absolute atomic E-state index is 0.0590. The Morgan fingerprint density at radius 3 is 2.17 bits per heavy atom. The van der Waals surface area contributed by atoms with Crippen LogP contribution < -0.4 is 0 Å². The van der Waals surface area contributed by atoms with Crippen LogP contribution in [0.2, 0.25) is 0 Å². The van der Waals surface area contributed by atoms with Crippen LogP contribution in [0, 0.1) is 0 Å². The summed E-state index contributed by atoms with van der Waals surface area (Å²) in [5.74, 6) is 0.256. The third kappa shape index (κ3) is 3.00. The van der Waals surface area contributed by atoms with E-state index >= 15 is 0 Å². The highest BCUT2D eigenvalue weighted by Crippen LogP contribution is 2.47. The molecule has 0 spiro atoms. The lowest BCUT2D eigenvalue weighted by atomic mass is 9.81. The number of carbonyl (C=O) groups is 1. The molecule has 140 valence electrons. The summed E-state index contributed by atoms with van der Waals surface area (Å²) >= 11 is 0. The van der Waals surface area contributed by atoms with Gasteiger partial charge in [-0.3, -0.25) is 4.79 Å². The van der Waals surface area contributed by atoms with Crippen molar-refractivity contribution in [2.24, 2.45) is 0 Å². The van der Waals surface area contributed by atoms with E-state index < -0.39 is 0 Å². The van der Waals surface area contributed by atoms with Crippen LogP contribution >= 0.6 is 0 Å². The summed E-state index contributed by atoms with van der Waals surface area (Å²) in [6, 6.07) is 31.7. The van der Waals surface area contributed by atoms with E-state index in [-0.39, 0.29) is 11.7 Å². The average Bonchev–Trinajstić information content (AvgIpc) is 3.17. The highest BCUT2D eigenvalue weighted by Gasteiger charge is 2.30. The number of hydrogen-bond acceptors (Lipinski definition) is 1. The Morgan fingerprint density at radius 2 is 1.41 bits per heavy atom. The molecular formula is C28H22O. The number of allylic oxidation sites excluding steroid dienone is 1.